The van der Waals surface area contributed by atoms with E-state index in [1.165, 1.54) is 6.42 Å². The maximum atomic E-state index is 13.1. The second-order valence-corrected chi connectivity index (χ2v) is 12.6. The van der Waals surface area contributed by atoms with Crippen molar-refractivity contribution in [1.82, 2.24) is 19.7 Å². The smallest absolute Gasteiger partial charge is 0.222 e. The Kier molecular flexibility index (Phi) is 6.71. The predicted octanol–water partition coefficient (Wildman–Crippen LogP) is 6.89. The number of carbonyl (C=O) groups is 1. The average molecular weight is 509 g/mol. The van der Waals surface area contributed by atoms with E-state index in [0.29, 0.717) is 28.8 Å². The van der Waals surface area contributed by atoms with Gasteiger partial charge in [-0.05, 0) is 60.8 Å². The van der Waals surface area contributed by atoms with Crippen molar-refractivity contribution in [3.8, 4) is 17.1 Å². The summed E-state index contributed by atoms with van der Waals surface area (Å²) in [6, 6.07) is 18.2. The molecule has 2 aliphatic rings. The molecular weight excluding hydrogens is 476 g/mol. The van der Waals surface area contributed by atoms with Crippen LogP contribution in [0.15, 0.2) is 59.8 Å². The van der Waals surface area contributed by atoms with Crippen LogP contribution in [0.4, 0.5) is 0 Å². The number of hydrogen-bond acceptors (Lipinski definition) is 4. The largest absolute Gasteiger partial charge is 0.339 e. The first-order valence-electron chi connectivity index (χ1n) is 12.4. The Bertz CT molecular complexity index is 1210. The number of benzene rings is 2. The first-order chi connectivity index (χ1) is 16.7. The van der Waals surface area contributed by atoms with Crippen LogP contribution in [0.1, 0.15) is 52.9 Å². The number of carbonyl (C=O) groups excluding carboxylic acids is 1. The number of amides is 1. The van der Waals surface area contributed by atoms with E-state index in [1.54, 1.807) is 11.8 Å². The lowest BCUT2D eigenvalue weighted by Crippen LogP contribution is -2.37. The Morgan fingerprint density at radius 1 is 1.06 bits per heavy atom. The van der Waals surface area contributed by atoms with Crippen molar-refractivity contribution >= 4 is 29.3 Å². The summed E-state index contributed by atoms with van der Waals surface area (Å²) in [6.45, 7) is 7.97. The van der Waals surface area contributed by atoms with Crippen LogP contribution < -0.4 is 0 Å². The quantitative estimate of drug-likeness (QED) is 0.257. The molecule has 1 aliphatic heterocycles. The highest BCUT2D eigenvalue weighted by atomic mass is 35.5. The Labute approximate surface area is 217 Å². The molecule has 2 aromatic carbocycles. The molecule has 5 rings (SSSR count). The monoisotopic (exact) mass is 508 g/mol. The van der Waals surface area contributed by atoms with Crippen molar-refractivity contribution in [3.05, 3.63) is 59.6 Å². The van der Waals surface area contributed by atoms with Gasteiger partial charge in [-0.15, -0.1) is 10.2 Å². The average Bonchev–Trinajstić information content (AvgIpc) is 3.34. The second-order valence-electron chi connectivity index (χ2n) is 11.1. The number of nitrogens with zero attached hydrogens (tertiary/aromatic N) is 4. The molecule has 2 heterocycles. The molecule has 0 spiro atoms. The molecule has 35 heavy (non-hydrogen) atoms. The normalized spacial score (nSPS) is 23.0. The van der Waals surface area contributed by atoms with Gasteiger partial charge >= 0.3 is 0 Å². The highest BCUT2D eigenvalue weighted by Gasteiger charge is 2.50. The lowest BCUT2D eigenvalue weighted by atomic mass is 9.65. The minimum absolute atomic E-state index is 0.276. The van der Waals surface area contributed by atoms with E-state index in [0.717, 1.165) is 53.8 Å². The molecule has 1 amide bonds. The maximum Gasteiger partial charge on any atom is 0.222 e. The van der Waals surface area contributed by atoms with Crippen molar-refractivity contribution in [1.29, 1.82) is 0 Å². The third-order valence-corrected chi connectivity index (χ3v) is 8.61. The summed E-state index contributed by atoms with van der Waals surface area (Å²) < 4.78 is 2.06. The van der Waals surface area contributed by atoms with E-state index in [4.69, 9.17) is 11.6 Å². The Morgan fingerprint density at radius 3 is 2.57 bits per heavy atom. The van der Waals surface area contributed by atoms with Gasteiger partial charge in [0, 0.05) is 36.0 Å². The number of halogens is 1. The van der Waals surface area contributed by atoms with Crippen LogP contribution in [0, 0.1) is 10.8 Å². The maximum absolute atomic E-state index is 13.1. The van der Waals surface area contributed by atoms with Crippen LogP contribution in [0.25, 0.3) is 17.1 Å². The van der Waals surface area contributed by atoms with E-state index in [9.17, 15) is 4.79 Å². The number of likely N-dealkylation sites (tertiary alicyclic amines) is 1. The summed E-state index contributed by atoms with van der Waals surface area (Å²) in [7, 11) is 0. The van der Waals surface area contributed by atoms with E-state index < -0.39 is 0 Å². The van der Waals surface area contributed by atoms with Gasteiger partial charge in [-0.3, -0.25) is 9.36 Å². The number of thioether (sulfide) groups is 1. The zero-order valence-electron chi connectivity index (χ0n) is 20.7. The molecule has 2 unspecified atom stereocenters. The Balaban J connectivity index is 1.26. The van der Waals surface area contributed by atoms with Crippen LogP contribution in [0.3, 0.4) is 0 Å². The number of fused-ring (bicyclic) bond motifs is 2. The Morgan fingerprint density at radius 2 is 1.80 bits per heavy atom. The third-order valence-electron chi connectivity index (χ3n) is 7.26. The summed E-state index contributed by atoms with van der Waals surface area (Å²) in [6.07, 6.45) is 4.88. The van der Waals surface area contributed by atoms with Crippen LogP contribution in [-0.4, -0.2) is 43.9 Å². The van der Waals surface area contributed by atoms with E-state index in [2.05, 4.69) is 40.4 Å². The molecular formula is C28H33ClN4OS. The summed E-state index contributed by atoms with van der Waals surface area (Å²) in [5.74, 6) is 1.83. The van der Waals surface area contributed by atoms with Gasteiger partial charge in [0.1, 0.15) is 0 Å². The van der Waals surface area contributed by atoms with Crippen molar-refractivity contribution < 1.29 is 4.79 Å². The predicted molar refractivity (Wildman–Crippen MR) is 143 cm³/mol. The molecule has 3 aromatic rings. The van der Waals surface area contributed by atoms with Gasteiger partial charge in [-0.2, -0.15) is 0 Å². The van der Waals surface area contributed by atoms with Crippen LogP contribution in [0.5, 0.6) is 0 Å². The zero-order valence-corrected chi connectivity index (χ0v) is 22.3. The molecule has 7 heteroatoms. The molecule has 1 saturated carbocycles. The van der Waals surface area contributed by atoms with Gasteiger partial charge in [0.05, 0.1) is 5.02 Å². The minimum atomic E-state index is 0.276. The number of para-hydroxylation sites is 1. The van der Waals surface area contributed by atoms with Gasteiger partial charge < -0.3 is 4.90 Å². The summed E-state index contributed by atoms with van der Waals surface area (Å²) in [5.41, 5.74) is 2.44. The molecule has 2 bridgehead atoms. The molecule has 0 N–H and O–H groups in total. The highest BCUT2D eigenvalue weighted by Crippen LogP contribution is 2.52. The highest BCUT2D eigenvalue weighted by molar-refractivity contribution is 7.99. The fourth-order valence-corrected chi connectivity index (χ4v) is 7.38. The van der Waals surface area contributed by atoms with Crippen molar-refractivity contribution in [2.75, 3.05) is 12.3 Å². The third kappa shape index (κ3) is 5.14. The molecule has 0 radical (unpaired) electrons. The van der Waals surface area contributed by atoms with Gasteiger partial charge in [-0.25, -0.2) is 0 Å². The topological polar surface area (TPSA) is 51.0 Å². The lowest BCUT2D eigenvalue weighted by Gasteiger charge is -2.39. The van der Waals surface area contributed by atoms with Crippen molar-refractivity contribution in [3.63, 3.8) is 0 Å². The van der Waals surface area contributed by atoms with Crippen molar-refractivity contribution in [2.45, 2.75) is 64.1 Å². The first kappa shape index (κ1) is 24.4. The van der Waals surface area contributed by atoms with Crippen molar-refractivity contribution in [2.24, 2.45) is 10.8 Å². The summed E-state index contributed by atoms with van der Waals surface area (Å²) >= 11 is 8.13. The number of rotatable bonds is 7. The zero-order chi connectivity index (χ0) is 24.6. The van der Waals surface area contributed by atoms with Gasteiger partial charge in [0.15, 0.2) is 11.0 Å². The molecule has 2 fully saturated rings. The molecule has 1 saturated heterocycles. The van der Waals surface area contributed by atoms with Crippen LogP contribution in [-0.2, 0) is 4.79 Å². The summed E-state index contributed by atoms with van der Waals surface area (Å²) in [4.78, 5) is 15.3. The van der Waals surface area contributed by atoms with Crippen LogP contribution >= 0.6 is 23.4 Å². The minimum Gasteiger partial charge on any atom is -0.339 e. The SMILES string of the molecule is CC1(C)CC2CC(C)(CN2C(=O)CCCSc2nnc(-c3ccccc3Cl)n2-c2ccccc2)C1. The molecule has 184 valence electrons. The molecule has 1 aliphatic carbocycles. The Hall–Kier alpha value is -2.31. The molecule has 2 atom stereocenters. The fourth-order valence-electron chi connectivity index (χ4n) is 6.27. The van der Waals surface area contributed by atoms with E-state index in [-0.39, 0.29) is 5.41 Å². The summed E-state index contributed by atoms with van der Waals surface area (Å²) in [5, 5.41) is 10.4. The standard InChI is InChI=1S/C28H33ClN4OS/c1-27(2)16-21-17-28(3,18-27)19-32(21)24(34)14-9-15-35-26-31-30-25(22-12-7-8-13-23(22)29)33(26)20-10-5-4-6-11-20/h4-8,10-13,21H,9,14-19H2,1-3H3. The number of hydrogen-bond donors (Lipinski definition) is 0. The first-order valence-corrected chi connectivity index (χ1v) is 13.8. The second kappa shape index (κ2) is 9.62. The lowest BCUT2D eigenvalue weighted by molar-refractivity contribution is -0.132. The fraction of sp³-hybridized carbons (Fsp3) is 0.464. The van der Waals surface area contributed by atoms with Gasteiger partial charge in [-0.1, -0.05) is 74.5 Å². The molecule has 1 aromatic heterocycles. The van der Waals surface area contributed by atoms with Gasteiger partial charge in [0.25, 0.3) is 0 Å². The van der Waals surface area contributed by atoms with Crippen LogP contribution in [0.2, 0.25) is 5.02 Å². The number of aromatic nitrogens is 3. The van der Waals surface area contributed by atoms with E-state index in [1.807, 2.05) is 54.6 Å². The molecule has 5 nitrogen and oxygen atoms in total. The van der Waals surface area contributed by atoms with Gasteiger partial charge in [0.2, 0.25) is 5.91 Å². The van der Waals surface area contributed by atoms with E-state index >= 15 is 0 Å².